The van der Waals surface area contributed by atoms with Gasteiger partial charge in [-0.2, -0.15) is 5.10 Å². The molecule has 4 aromatic carbocycles. The van der Waals surface area contributed by atoms with Gasteiger partial charge >= 0.3 is 0 Å². The third-order valence-corrected chi connectivity index (χ3v) is 7.98. The van der Waals surface area contributed by atoms with Gasteiger partial charge in [0.05, 0.1) is 17.4 Å². The summed E-state index contributed by atoms with van der Waals surface area (Å²) in [7, 11) is 0. The van der Waals surface area contributed by atoms with E-state index in [1.54, 1.807) is 4.52 Å². The van der Waals surface area contributed by atoms with Gasteiger partial charge in [0.1, 0.15) is 0 Å². The molecule has 1 saturated heterocycles. The first-order chi connectivity index (χ1) is 20.7. The van der Waals surface area contributed by atoms with E-state index in [4.69, 9.17) is 10.1 Å². The Morgan fingerprint density at radius 3 is 1.71 bits per heavy atom. The number of carbonyl (C=O) groups excluding carboxylic acids is 1. The molecule has 0 bridgehead atoms. The molecule has 0 radical (unpaired) electrons. The zero-order valence-corrected chi connectivity index (χ0v) is 23.3. The van der Waals surface area contributed by atoms with E-state index in [0.29, 0.717) is 24.4 Å². The van der Waals surface area contributed by atoms with Crippen LogP contribution in [0, 0.1) is 0 Å². The lowest BCUT2D eigenvalue weighted by Gasteiger charge is -2.39. The van der Waals surface area contributed by atoms with Crippen LogP contribution in [0.3, 0.4) is 0 Å². The maximum absolute atomic E-state index is 13.8. The second-order valence-corrected chi connectivity index (χ2v) is 10.6. The number of hydrogen-bond acceptors (Lipinski definition) is 4. The molecule has 6 heteroatoms. The van der Waals surface area contributed by atoms with Crippen molar-refractivity contribution in [2.24, 2.45) is 0 Å². The molecule has 0 N–H and O–H groups in total. The van der Waals surface area contributed by atoms with E-state index in [1.807, 2.05) is 65.6 Å². The number of hydrogen-bond donors (Lipinski definition) is 0. The van der Waals surface area contributed by atoms with Crippen molar-refractivity contribution in [3.63, 3.8) is 0 Å². The fourth-order valence-corrected chi connectivity index (χ4v) is 5.88. The van der Waals surface area contributed by atoms with E-state index < -0.39 is 0 Å². The molecule has 0 aliphatic carbocycles. The van der Waals surface area contributed by atoms with Gasteiger partial charge in [0.25, 0.3) is 5.91 Å². The van der Waals surface area contributed by atoms with Gasteiger partial charge in [-0.05, 0) is 17.2 Å². The second-order valence-electron chi connectivity index (χ2n) is 10.6. The molecule has 6 nitrogen and oxygen atoms in total. The molecule has 3 heterocycles. The molecule has 2 aromatic heterocycles. The van der Waals surface area contributed by atoms with Crippen LogP contribution in [0.5, 0.6) is 0 Å². The molecule has 6 aromatic rings. The summed E-state index contributed by atoms with van der Waals surface area (Å²) < 4.78 is 1.80. The van der Waals surface area contributed by atoms with Crippen molar-refractivity contribution in [2.45, 2.75) is 6.04 Å². The Balaban J connectivity index is 1.17. The zero-order chi connectivity index (χ0) is 28.3. The first-order valence-corrected chi connectivity index (χ1v) is 14.4. The van der Waals surface area contributed by atoms with Crippen LogP contribution in [0.4, 0.5) is 0 Å². The standard InChI is InChI=1S/C36H31N5O/c42-36(40-23-21-39(22-24-40)35(29-17-9-3-10-18-29)30-19-11-4-12-20-30)32-26-34-37-31(27-13-5-1-6-14-27)25-33(41(34)38-32)28-15-7-2-8-16-28/h1-20,25-26,35H,21-24H2. The van der Waals surface area contributed by atoms with Crippen LogP contribution in [0.1, 0.15) is 27.7 Å². The molecule has 1 aliphatic heterocycles. The summed E-state index contributed by atoms with van der Waals surface area (Å²) in [5.41, 5.74) is 7.39. The molecule has 1 aliphatic rings. The summed E-state index contributed by atoms with van der Waals surface area (Å²) >= 11 is 0. The van der Waals surface area contributed by atoms with Crippen LogP contribution in [0.25, 0.3) is 28.2 Å². The Kier molecular flexibility index (Phi) is 7.04. The quantitative estimate of drug-likeness (QED) is 0.235. The van der Waals surface area contributed by atoms with Crippen LogP contribution in [-0.4, -0.2) is 56.5 Å². The molecule has 0 atom stereocenters. The molecule has 0 saturated carbocycles. The molecule has 0 unspecified atom stereocenters. The van der Waals surface area contributed by atoms with Crippen molar-refractivity contribution < 1.29 is 4.79 Å². The number of fused-ring (bicyclic) bond motifs is 1. The largest absolute Gasteiger partial charge is 0.335 e. The number of aromatic nitrogens is 3. The summed E-state index contributed by atoms with van der Waals surface area (Å²) in [5.74, 6) is -0.0589. The lowest BCUT2D eigenvalue weighted by Crippen LogP contribution is -2.50. The molecule has 1 fully saturated rings. The molecule has 42 heavy (non-hydrogen) atoms. The van der Waals surface area contributed by atoms with Crippen LogP contribution in [0.2, 0.25) is 0 Å². The van der Waals surface area contributed by atoms with Crippen LogP contribution >= 0.6 is 0 Å². The number of nitrogens with zero attached hydrogens (tertiary/aromatic N) is 5. The Morgan fingerprint density at radius 2 is 1.14 bits per heavy atom. The van der Waals surface area contributed by atoms with E-state index in [-0.39, 0.29) is 11.9 Å². The Labute approximate surface area is 245 Å². The van der Waals surface area contributed by atoms with E-state index in [9.17, 15) is 4.79 Å². The highest BCUT2D eigenvalue weighted by Crippen LogP contribution is 2.30. The molecular formula is C36H31N5O. The first-order valence-electron chi connectivity index (χ1n) is 14.4. The van der Waals surface area contributed by atoms with E-state index in [2.05, 4.69) is 77.7 Å². The predicted octanol–water partition coefficient (Wildman–Crippen LogP) is 6.61. The topological polar surface area (TPSA) is 53.7 Å². The van der Waals surface area contributed by atoms with Gasteiger partial charge in [-0.25, -0.2) is 9.50 Å². The van der Waals surface area contributed by atoms with Gasteiger partial charge < -0.3 is 4.90 Å². The van der Waals surface area contributed by atoms with Crippen molar-refractivity contribution in [1.29, 1.82) is 0 Å². The summed E-state index contributed by atoms with van der Waals surface area (Å²) in [5, 5.41) is 4.80. The maximum atomic E-state index is 13.8. The van der Waals surface area contributed by atoms with Gasteiger partial charge in [0.15, 0.2) is 11.3 Å². The van der Waals surface area contributed by atoms with Crippen LogP contribution in [-0.2, 0) is 0 Å². The SMILES string of the molecule is O=C(c1cc2nc(-c3ccccc3)cc(-c3ccccc3)n2n1)N1CCN(C(c2ccccc2)c2ccccc2)CC1. The van der Waals surface area contributed by atoms with E-state index >= 15 is 0 Å². The highest BCUT2D eigenvalue weighted by atomic mass is 16.2. The highest BCUT2D eigenvalue weighted by Gasteiger charge is 2.29. The number of amides is 1. The lowest BCUT2D eigenvalue weighted by atomic mass is 9.96. The van der Waals surface area contributed by atoms with Gasteiger partial charge in [0, 0.05) is 43.4 Å². The minimum atomic E-state index is -0.0589. The normalized spacial score (nSPS) is 14.0. The fraction of sp³-hybridized carbons (Fsp3) is 0.139. The van der Waals surface area contributed by atoms with Gasteiger partial charge in [-0.3, -0.25) is 9.69 Å². The smallest absolute Gasteiger partial charge is 0.274 e. The van der Waals surface area contributed by atoms with Gasteiger partial charge in [-0.15, -0.1) is 0 Å². The number of piperazine rings is 1. The van der Waals surface area contributed by atoms with Gasteiger partial charge in [0.2, 0.25) is 0 Å². The Morgan fingerprint density at radius 1 is 0.619 bits per heavy atom. The summed E-state index contributed by atoms with van der Waals surface area (Å²) in [4.78, 5) is 23.1. The predicted molar refractivity (Wildman–Crippen MR) is 166 cm³/mol. The van der Waals surface area contributed by atoms with Crippen molar-refractivity contribution in [3.05, 3.63) is 150 Å². The molecular weight excluding hydrogens is 518 g/mol. The Hall–Kier alpha value is -5.07. The monoisotopic (exact) mass is 549 g/mol. The lowest BCUT2D eigenvalue weighted by molar-refractivity contribution is 0.0591. The number of carbonyl (C=O) groups is 1. The summed E-state index contributed by atoms with van der Waals surface area (Å²) in [6.45, 7) is 2.83. The maximum Gasteiger partial charge on any atom is 0.274 e. The third-order valence-electron chi connectivity index (χ3n) is 7.98. The van der Waals surface area contributed by atoms with Crippen molar-refractivity contribution in [2.75, 3.05) is 26.2 Å². The van der Waals surface area contributed by atoms with E-state index in [0.717, 1.165) is 35.6 Å². The average Bonchev–Trinajstić information content (AvgIpc) is 3.51. The minimum Gasteiger partial charge on any atom is -0.335 e. The summed E-state index contributed by atoms with van der Waals surface area (Å²) in [6, 6.07) is 45.5. The van der Waals surface area contributed by atoms with Crippen molar-refractivity contribution in [1.82, 2.24) is 24.4 Å². The van der Waals surface area contributed by atoms with Crippen molar-refractivity contribution in [3.8, 4) is 22.5 Å². The van der Waals surface area contributed by atoms with Crippen molar-refractivity contribution >= 4 is 11.6 Å². The third kappa shape index (κ3) is 5.08. The molecule has 0 spiro atoms. The first kappa shape index (κ1) is 25.9. The Bertz CT molecular complexity index is 1760. The summed E-state index contributed by atoms with van der Waals surface area (Å²) in [6.07, 6.45) is 0. The van der Waals surface area contributed by atoms with Crippen LogP contribution in [0.15, 0.2) is 133 Å². The molecule has 1 amide bonds. The van der Waals surface area contributed by atoms with Gasteiger partial charge in [-0.1, -0.05) is 121 Å². The highest BCUT2D eigenvalue weighted by molar-refractivity contribution is 5.93. The fourth-order valence-electron chi connectivity index (χ4n) is 5.88. The van der Waals surface area contributed by atoms with E-state index in [1.165, 1.54) is 11.1 Å². The number of benzene rings is 4. The minimum absolute atomic E-state index is 0.0589. The zero-order valence-electron chi connectivity index (χ0n) is 23.3. The van der Waals surface area contributed by atoms with Crippen LogP contribution < -0.4 is 0 Å². The molecule has 206 valence electrons. The number of rotatable bonds is 6. The molecule has 7 rings (SSSR count). The second kappa shape index (κ2) is 11.4. The average molecular weight is 550 g/mol.